The van der Waals surface area contributed by atoms with Crippen molar-refractivity contribution in [3.8, 4) is 0 Å². The first-order valence-electron chi connectivity index (χ1n) is 9.10. The van der Waals surface area contributed by atoms with Crippen LogP contribution >= 0.6 is 24.2 Å². The maximum atomic E-state index is 12.5. The van der Waals surface area contributed by atoms with Crippen LogP contribution in [-0.2, 0) is 4.79 Å². The molecule has 0 saturated heterocycles. The number of fused-ring (bicyclic) bond motifs is 1. The average Bonchev–Trinajstić information content (AvgIpc) is 2.66. The number of nitrogens with one attached hydrogen (secondary N) is 2. The van der Waals surface area contributed by atoms with Crippen molar-refractivity contribution < 1.29 is 9.59 Å². The fraction of sp³-hybridized carbons (Fsp3) is 0.333. The van der Waals surface area contributed by atoms with E-state index in [1.165, 1.54) is 17.3 Å². The highest BCUT2D eigenvalue weighted by Gasteiger charge is 2.23. The summed E-state index contributed by atoms with van der Waals surface area (Å²) in [5, 5.41) is 5.60. The number of halogens is 1. The van der Waals surface area contributed by atoms with Crippen molar-refractivity contribution in [3.05, 3.63) is 59.2 Å². The van der Waals surface area contributed by atoms with Gasteiger partial charge in [0.2, 0.25) is 5.91 Å². The van der Waals surface area contributed by atoms with Crippen LogP contribution in [0.4, 0.5) is 5.69 Å². The summed E-state index contributed by atoms with van der Waals surface area (Å²) < 4.78 is 0. The molecule has 2 atom stereocenters. The molecule has 0 saturated carbocycles. The SMILES string of the molecule is CC1Sc2ccc(C(=O)NCC(N)c3ccc(C(C)C)cc3)cc2NC1=O.Cl. The summed E-state index contributed by atoms with van der Waals surface area (Å²) >= 11 is 1.50. The molecular weight excluding hydrogens is 394 g/mol. The monoisotopic (exact) mass is 419 g/mol. The quantitative estimate of drug-likeness (QED) is 0.681. The molecule has 2 aromatic rings. The summed E-state index contributed by atoms with van der Waals surface area (Å²) in [7, 11) is 0. The number of amides is 2. The molecule has 150 valence electrons. The fourth-order valence-electron chi connectivity index (χ4n) is 2.90. The Morgan fingerprint density at radius 1 is 1.18 bits per heavy atom. The molecule has 0 aliphatic carbocycles. The summed E-state index contributed by atoms with van der Waals surface area (Å²) in [6.45, 7) is 6.50. The number of anilines is 1. The topological polar surface area (TPSA) is 84.2 Å². The summed E-state index contributed by atoms with van der Waals surface area (Å²) in [5.74, 6) is 0.225. The standard InChI is InChI=1S/C21H25N3O2S.ClH/c1-12(2)14-4-6-15(7-5-14)17(22)11-23-21(26)16-8-9-19-18(10-16)24-20(25)13(3)27-19;/h4-10,12-13,17H,11,22H2,1-3H3,(H,23,26)(H,24,25);1H. The molecule has 0 aromatic heterocycles. The van der Waals surface area contributed by atoms with Gasteiger partial charge in [0, 0.05) is 23.0 Å². The number of carbonyl (C=O) groups excluding carboxylic acids is 2. The lowest BCUT2D eigenvalue weighted by atomic mass is 9.99. The van der Waals surface area contributed by atoms with E-state index in [9.17, 15) is 9.59 Å². The number of rotatable bonds is 5. The minimum absolute atomic E-state index is 0. The third kappa shape index (κ3) is 5.07. The zero-order valence-corrected chi connectivity index (χ0v) is 17.8. The number of nitrogens with two attached hydrogens (primary N) is 1. The van der Waals surface area contributed by atoms with Gasteiger partial charge in [-0.2, -0.15) is 0 Å². The summed E-state index contributed by atoms with van der Waals surface area (Å²) in [5.41, 5.74) is 9.66. The molecule has 0 spiro atoms. The van der Waals surface area contributed by atoms with Gasteiger partial charge in [-0.3, -0.25) is 9.59 Å². The van der Waals surface area contributed by atoms with E-state index in [1.54, 1.807) is 12.1 Å². The Bertz CT molecular complexity index is 855. The van der Waals surface area contributed by atoms with Gasteiger partial charge in [0.15, 0.2) is 0 Å². The molecule has 4 N–H and O–H groups in total. The van der Waals surface area contributed by atoms with Gasteiger partial charge >= 0.3 is 0 Å². The molecule has 5 nitrogen and oxygen atoms in total. The second-order valence-electron chi connectivity index (χ2n) is 7.10. The molecule has 3 rings (SSSR count). The van der Waals surface area contributed by atoms with Crippen LogP contribution in [0.3, 0.4) is 0 Å². The van der Waals surface area contributed by atoms with E-state index in [0.29, 0.717) is 23.7 Å². The van der Waals surface area contributed by atoms with Gasteiger partial charge in [0.25, 0.3) is 5.91 Å². The van der Waals surface area contributed by atoms with E-state index in [-0.39, 0.29) is 35.5 Å². The van der Waals surface area contributed by atoms with Crippen molar-refractivity contribution in [2.75, 3.05) is 11.9 Å². The van der Waals surface area contributed by atoms with E-state index in [4.69, 9.17) is 5.73 Å². The zero-order chi connectivity index (χ0) is 19.6. The highest BCUT2D eigenvalue weighted by molar-refractivity contribution is 8.00. The molecule has 1 heterocycles. The van der Waals surface area contributed by atoms with Gasteiger partial charge in [-0.05, 0) is 42.2 Å². The first-order chi connectivity index (χ1) is 12.8. The Hall–Kier alpha value is -2.02. The van der Waals surface area contributed by atoms with Crippen LogP contribution in [0.1, 0.15) is 54.2 Å². The number of benzene rings is 2. The maximum absolute atomic E-state index is 12.5. The van der Waals surface area contributed by atoms with Crippen molar-refractivity contribution >= 4 is 41.7 Å². The second kappa shape index (κ2) is 9.45. The third-order valence-corrected chi connectivity index (χ3v) is 5.86. The minimum atomic E-state index is -0.274. The van der Waals surface area contributed by atoms with Crippen LogP contribution in [0, 0.1) is 0 Å². The van der Waals surface area contributed by atoms with Gasteiger partial charge in [-0.1, -0.05) is 38.1 Å². The Morgan fingerprint density at radius 2 is 1.82 bits per heavy atom. The summed E-state index contributed by atoms with van der Waals surface area (Å²) in [6, 6.07) is 13.3. The van der Waals surface area contributed by atoms with E-state index in [0.717, 1.165) is 10.5 Å². The van der Waals surface area contributed by atoms with Crippen molar-refractivity contribution in [1.82, 2.24) is 5.32 Å². The van der Waals surface area contributed by atoms with Crippen LogP contribution in [-0.4, -0.2) is 23.6 Å². The van der Waals surface area contributed by atoms with Gasteiger partial charge in [0.1, 0.15) is 0 Å². The van der Waals surface area contributed by atoms with Crippen molar-refractivity contribution in [2.45, 2.75) is 42.9 Å². The smallest absolute Gasteiger partial charge is 0.251 e. The first kappa shape index (κ1) is 22.3. The van der Waals surface area contributed by atoms with Crippen molar-refractivity contribution in [2.24, 2.45) is 5.73 Å². The Labute approximate surface area is 176 Å². The second-order valence-corrected chi connectivity index (χ2v) is 8.48. The number of carbonyl (C=O) groups is 2. The predicted octanol–water partition coefficient (Wildman–Crippen LogP) is 4.09. The largest absolute Gasteiger partial charge is 0.350 e. The van der Waals surface area contributed by atoms with Crippen LogP contribution in [0.25, 0.3) is 0 Å². The van der Waals surface area contributed by atoms with Crippen LogP contribution in [0.5, 0.6) is 0 Å². The average molecular weight is 420 g/mol. The van der Waals surface area contributed by atoms with Gasteiger partial charge in [-0.15, -0.1) is 24.2 Å². The highest BCUT2D eigenvalue weighted by Crippen LogP contribution is 2.35. The molecular formula is C21H26ClN3O2S. The van der Waals surface area contributed by atoms with Crippen LogP contribution in [0.2, 0.25) is 0 Å². The fourth-order valence-corrected chi connectivity index (χ4v) is 3.83. The Balaban J connectivity index is 0.00000280. The highest BCUT2D eigenvalue weighted by atomic mass is 35.5. The molecule has 7 heteroatoms. The molecule has 2 unspecified atom stereocenters. The maximum Gasteiger partial charge on any atom is 0.251 e. The van der Waals surface area contributed by atoms with Crippen LogP contribution < -0.4 is 16.4 Å². The van der Waals surface area contributed by atoms with Crippen molar-refractivity contribution in [1.29, 1.82) is 0 Å². The molecule has 28 heavy (non-hydrogen) atoms. The molecule has 2 amide bonds. The number of thioether (sulfide) groups is 1. The molecule has 1 aliphatic heterocycles. The molecule has 0 fully saturated rings. The van der Waals surface area contributed by atoms with E-state index in [2.05, 4.69) is 36.6 Å². The zero-order valence-electron chi connectivity index (χ0n) is 16.2. The third-order valence-electron chi connectivity index (χ3n) is 4.69. The van der Waals surface area contributed by atoms with Gasteiger partial charge < -0.3 is 16.4 Å². The predicted molar refractivity (Wildman–Crippen MR) is 117 cm³/mol. The van der Waals surface area contributed by atoms with E-state index in [1.807, 2.05) is 25.1 Å². The summed E-state index contributed by atoms with van der Waals surface area (Å²) in [6.07, 6.45) is 0. The van der Waals surface area contributed by atoms with E-state index < -0.39 is 0 Å². The first-order valence-corrected chi connectivity index (χ1v) is 9.98. The summed E-state index contributed by atoms with van der Waals surface area (Å²) in [4.78, 5) is 25.3. The molecule has 1 aliphatic rings. The van der Waals surface area contributed by atoms with Crippen molar-refractivity contribution in [3.63, 3.8) is 0 Å². The molecule has 0 bridgehead atoms. The van der Waals surface area contributed by atoms with E-state index >= 15 is 0 Å². The van der Waals surface area contributed by atoms with Crippen LogP contribution in [0.15, 0.2) is 47.4 Å². The minimum Gasteiger partial charge on any atom is -0.350 e. The Morgan fingerprint density at radius 3 is 2.46 bits per heavy atom. The normalized spacial score (nSPS) is 16.6. The lowest BCUT2D eigenvalue weighted by Crippen LogP contribution is -2.32. The number of hydrogen-bond acceptors (Lipinski definition) is 4. The number of hydrogen-bond donors (Lipinski definition) is 3. The molecule has 0 radical (unpaired) electrons. The lowest BCUT2D eigenvalue weighted by molar-refractivity contribution is -0.115. The van der Waals surface area contributed by atoms with Gasteiger partial charge in [-0.25, -0.2) is 0 Å². The van der Waals surface area contributed by atoms with Gasteiger partial charge in [0.05, 0.1) is 10.9 Å². The lowest BCUT2D eigenvalue weighted by Gasteiger charge is -2.22. The Kier molecular flexibility index (Phi) is 7.52. The molecule has 2 aromatic carbocycles.